The molecule has 0 bridgehead atoms. The summed E-state index contributed by atoms with van der Waals surface area (Å²) in [6, 6.07) is 0. The Morgan fingerprint density at radius 2 is 0.600 bits per heavy atom. The molecule has 0 rings (SSSR count). The van der Waals surface area contributed by atoms with Crippen molar-refractivity contribution in [2.75, 3.05) is 13.2 Å². The minimum Gasteiger partial charge on any atom is -0.462 e. The van der Waals surface area contributed by atoms with Crippen molar-refractivity contribution < 1.29 is 28.6 Å². The number of carbonyl (C=O) groups excluding carboxylic acids is 3. The Kier molecular flexibility index (Phi) is 53.0. The van der Waals surface area contributed by atoms with E-state index < -0.39 is 12.1 Å². The van der Waals surface area contributed by atoms with Gasteiger partial charge < -0.3 is 14.2 Å². The van der Waals surface area contributed by atoms with Crippen molar-refractivity contribution in [2.24, 2.45) is 0 Å². The molecule has 0 aromatic heterocycles. The van der Waals surface area contributed by atoms with E-state index >= 15 is 0 Å². The van der Waals surface area contributed by atoms with Crippen LogP contribution in [0.15, 0.2) is 146 Å². The first-order chi connectivity index (χ1) is 34.5. The molecule has 0 heterocycles. The van der Waals surface area contributed by atoms with E-state index in [2.05, 4.69) is 154 Å². The van der Waals surface area contributed by atoms with Gasteiger partial charge in [0.15, 0.2) is 6.10 Å². The van der Waals surface area contributed by atoms with Crippen molar-refractivity contribution in [3.8, 4) is 0 Å². The molecule has 0 fully saturated rings. The van der Waals surface area contributed by atoms with E-state index in [9.17, 15) is 14.4 Å². The van der Waals surface area contributed by atoms with Gasteiger partial charge in [0, 0.05) is 12.8 Å². The van der Waals surface area contributed by atoms with Gasteiger partial charge in [0.1, 0.15) is 13.2 Å². The van der Waals surface area contributed by atoms with Gasteiger partial charge in [-0.15, -0.1) is 0 Å². The molecule has 0 aliphatic rings. The molecule has 70 heavy (non-hydrogen) atoms. The highest BCUT2D eigenvalue weighted by atomic mass is 16.6. The number of hydrogen-bond donors (Lipinski definition) is 0. The highest BCUT2D eigenvalue weighted by Gasteiger charge is 2.19. The largest absolute Gasteiger partial charge is 0.462 e. The zero-order valence-corrected chi connectivity index (χ0v) is 44.7. The molecule has 0 aliphatic carbocycles. The Bertz CT molecular complexity index is 1580. The van der Waals surface area contributed by atoms with Crippen LogP contribution in [0.5, 0.6) is 0 Å². The molecule has 0 saturated carbocycles. The van der Waals surface area contributed by atoms with Crippen molar-refractivity contribution in [1.29, 1.82) is 0 Å². The summed E-state index contributed by atoms with van der Waals surface area (Å²) in [5.74, 6) is -1.11. The molecule has 6 heteroatoms. The van der Waals surface area contributed by atoms with Gasteiger partial charge in [-0.1, -0.05) is 224 Å². The van der Waals surface area contributed by atoms with Crippen LogP contribution in [0.3, 0.4) is 0 Å². The summed E-state index contributed by atoms with van der Waals surface area (Å²) in [6.45, 7) is 6.27. The number of ether oxygens (including phenoxy) is 3. The van der Waals surface area contributed by atoms with Crippen molar-refractivity contribution >= 4 is 17.9 Å². The average Bonchev–Trinajstić information content (AvgIpc) is 3.36. The monoisotopic (exact) mass is 965 g/mol. The lowest BCUT2D eigenvalue weighted by molar-refractivity contribution is -0.166. The Morgan fingerprint density at radius 3 is 0.957 bits per heavy atom. The van der Waals surface area contributed by atoms with Crippen LogP contribution in [-0.2, 0) is 28.6 Å². The molecular formula is C64H100O6. The van der Waals surface area contributed by atoms with Crippen molar-refractivity contribution in [3.05, 3.63) is 146 Å². The van der Waals surface area contributed by atoms with Crippen LogP contribution in [0, 0.1) is 0 Å². The SMILES string of the molecule is CC/C=C\C/C=C\C/C=C\C/C=C\C/C=C\C/C=C\CCCCCCC(=O)OCC(COC(=O)CCCCCCC/C=C\CCCCCCC)OC(=O)C/C=C\C/C=C\C/C=C\C/C=C\C/C=C\CC. The molecule has 1 unspecified atom stereocenters. The van der Waals surface area contributed by atoms with Gasteiger partial charge in [0.2, 0.25) is 0 Å². The molecule has 392 valence electrons. The topological polar surface area (TPSA) is 78.9 Å². The molecule has 0 spiro atoms. The summed E-state index contributed by atoms with van der Waals surface area (Å²) in [6.07, 6.45) is 81.4. The Morgan fingerprint density at radius 1 is 0.314 bits per heavy atom. The van der Waals surface area contributed by atoms with E-state index in [1.165, 1.54) is 44.9 Å². The maximum Gasteiger partial charge on any atom is 0.310 e. The minimum atomic E-state index is -0.853. The molecular weight excluding hydrogens is 865 g/mol. The van der Waals surface area contributed by atoms with Gasteiger partial charge in [-0.25, -0.2) is 0 Å². The fourth-order valence-corrected chi connectivity index (χ4v) is 6.98. The summed E-state index contributed by atoms with van der Waals surface area (Å²) >= 11 is 0. The number of esters is 3. The van der Waals surface area contributed by atoms with Crippen LogP contribution in [0.2, 0.25) is 0 Å². The second-order valence-electron chi connectivity index (χ2n) is 17.7. The first-order valence-corrected chi connectivity index (χ1v) is 27.8. The lowest BCUT2D eigenvalue weighted by Gasteiger charge is -2.18. The maximum atomic E-state index is 12.8. The second-order valence-corrected chi connectivity index (χ2v) is 17.7. The molecule has 0 N–H and O–H groups in total. The molecule has 0 saturated heterocycles. The minimum absolute atomic E-state index is 0.0827. The summed E-state index contributed by atoms with van der Waals surface area (Å²) < 4.78 is 16.7. The second kappa shape index (κ2) is 56.9. The summed E-state index contributed by atoms with van der Waals surface area (Å²) in [5, 5.41) is 0. The smallest absolute Gasteiger partial charge is 0.310 e. The zero-order valence-electron chi connectivity index (χ0n) is 44.7. The number of hydrogen-bond acceptors (Lipinski definition) is 6. The van der Waals surface area contributed by atoms with Crippen LogP contribution in [-0.4, -0.2) is 37.2 Å². The lowest BCUT2D eigenvalue weighted by Crippen LogP contribution is -2.30. The van der Waals surface area contributed by atoms with Crippen LogP contribution in [0.4, 0.5) is 0 Å². The zero-order chi connectivity index (χ0) is 50.7. The predicted molar refractivity (Wildman–Crippen MR) is 302 cm³/mol. The lowest BCUT2D eigenvalue weighted by atomic mass is 10.1. The van der Waals surface area contributed by atoms with Gasteiger partial charge in [-0.2, -0.15) is 0 Å². The van der Waals surface area contributed by atoms with E-state index in [0.717, 1.165) is 128 Å². The van der Waals surface area contributed by atoms with Gasteiger partial charge in [-0.3, -0.25) is 14.4 Å². The van der Waals surface area contributed by atoms with Crippen LogP contribution < -0.4 is 0 Å². The molecule has 0 radical (unpaired) electrons. The van der Waals surface area contributed by atoms with E-state index in [-0.39, 0.29) is 31.6 Å². The number of carbonyl (C=O) groups is 3. The number of unbranched alkanes of at least 4 members (excludes halogenated alkanes) is 14. The van der Waals surface area contributed by atoms with Gasteiger partial charge in [0.05, 0.1) is 6.42 Å². The third kappa shape index (κ3) is 54.2. The van der Waals surface area contributed by atoms with Gasteiger partial charge in [-0.05, 0) is 122 Å². The number of allylic oxidation sites excluding steroid dienone is 23. The standard InChI is InChI=1S/C64H100O6/c1-4-7-10-13-16-19-22-25-28-29-30-31-32-33-34-35-37-39-42-45-48-51-54-57-63(66)69-60-61(59-68-62(65)56-53-50-47-44-41-38-27-24-21-18-15-12-9-6-3)70-64(67)58-55-52-49-46-43-40-36-26-23-20-17-14-11-8-5-2/h7-8,10-11,16-17,19-20,24-28,30-31,33-34,36-37,39,43,46,52,55,61H,4-6,9,12-15,18,21-23,29,32,35,38,40-42,44-45,47-51,53-54,56-60H2,1-3H3/b10-7-,11-8-,19-16-,20-17-,27-24-,28-25-,31-30-,34-33-,36-26-,39-37-,46-43-,55-52-. The Hall–Kier alpha value is -4.71. The van der Waals surface area contributed by atoms with E-state index in [1.54, 1.807) is 6.08 Å². The van der Waals surface area contributed by atoms with E-state index in [1.807, 2.05) is 6.08 Å². The van der Waals surface area contributed by atoms with Crippen molar-refractivity contribution in [3.63, 3.8) is 0 Å². The van der Waals surface area contributed by atoms with Crippen molar-refractivity contribution in [1.82, 2.24) is 0 Å². The fraction of sp³-hybridized carbons (Fsp3) is 0.578. The van der Waals surface area contributed by atoms with E-state index in [0.29, 0.717) is 19.3 Å². The fourth-order valence-electron chi connectivity index (χ4n) is 6.98. The highest BCUT2D eigenvalue weighted by Crippen LogP contribution is 2.12. The third-order valence-electron chi connectivity index (χ3n) is 11.1. The summed E-state index contributed by atoms with van der Waals surface area (Å²) in [5.41, 5.74) is 0. The van der Waals surface area contributed by atoms with Crippen LogP contribution >= 0.6 is 0 Å². The molecule has 1 atom stereocenters. The normalized spacial score (nSPS) is 13.2. The molecule has 0 aliphatic heterocycles. The van der Waals surface area contributed by atoms with Gasteiger partial charge in [0.25, 0.3) is 0 Å². The predicted octanol–water partition coefficient (Wildman–Crippen LogP) is 18.8. The quantitative estimate of drug-likeness (QED) is 0.0262. The van der Waals surface area contributed by atoms with Crippen LogP contribution in [0.25, 0.3) is 0 Å². The van der Waals surface area contributed by atoms with Crippen LogP contribution in [0.1, 0.15) is 220 Å². The number of rotatable bonds is 48. The maximum absolute atomic E-state index is 12.8. The molecule has 0 aromatic rings. The summed E-state index contributed by atoms with van der Waals surface area (Å²) in [4.78, 5) is 38.0. The molecule has 0 aromatic carbocycles. The Labute approximate surface area is 429 Å². The third-order valence-corrected chi connectivity index (χ3v) is 11.1. The first-order valence-electron chi connectivity index (χ1n) is 27.8. The summed E-state index contributed by atoms with van der Waals surface area (Å²) in [7, 11) is 0. The molecule has 0 amide bonds. The van der Waals surface area contributed by atoms with Crippen molar-refractivity contribution in [2.45, 2.75) is 226 Å². The average molecular weight is 965 g/mol. The van der Waals surface area contributed by atoms with Gasteiger partial charge >= 0.3 is 17.9 Å². The molecule has 6 nitrogen and oxygen atoms in total. The highest BCUT2D eigenvalue weighted by molar-refractivity contribution is 5.72. The first kappa shape index (κ1) is 65.3. The van der Waals surface area contributed by atoms with E-state index in [4.69, 9.17) is 14.2 Å². The Balaban J connectivity index is 4.55.